The van der Waals surface area contributed by atoms with Crippen LogP contribution in [0.15, 0.2) is 54.1 Å². The molecule has 2 N–H and O–H groups in total. The van der Waals surface area contributed by atoms with Crippen LogP contribution in [-0.4, -0.2) is 28.7 Å². The number of carbonyl (C=O) groups is 2. The van der Waals surface area contributed by atoms with Gasteiger partial charge in [0.25, 0.3) is 5.91 Å². The number of nitrogens with one attached hydrogen (secondary N) is 1. The molecule has 0 saturated carbocycles. The number of rotatable bonds is 6. The van der Waals surface area contributed by atoms with Crippen LogP contribution in [0, 0.1) is 32.1 Å². The molecule has 0 radical (unpaired) electrons. The second-order valence-corrected chi connectivity index (χ2v) is 7.32. The molecule has 7 nitrogen and oxygen atoms in total. The maximum Gasteiger partial charge on any atom is 0.335 e. The Morgan fingerprint density at radius 1 is 1.09 bits per heavy atom. The Balaban J connectivity index is 1.93. The molecular weight excluding hydrogens is 406 g/mol. The molecule has 1 amide bonds. The third-order valence-corrected chi connectivity index (χ3v) is 5.17. The fourth-order valence-corrected chi connectivity index (χ4v) is 3.52. The fourth-order valence-electron chi connectivity index (χ4n) is 3.52. The first kappa shape index (κ1) is 22.4. The highest BCUT2D eigenvalue weighted by Gasteiger charge is 2.16. The predicted octanol–water partition coefficient (Wildman–Crippen LogP) is 4.66. The second kappa shape index (κ2) is 9.23. The summed E-state index contributed by atoms with van der Waals surface area (Å²) < 4.78 is 7.08. The molecule has 1 heterocycles. The number of anilines is 1. The van der Waals surface area contributed by atoms with E-state index in [1.165, 1.54) is 0 Å². The SMILES string of the molecule is COc1ccc(NC(=O)/C(C#N)=C/c2cc(C)n(-c3ccc(C(=O)O)cc3C)c2C)cc1. The van der Waals surface area contributed by atoms with E-state index in [0.29, 0.717) is 11.4 Å². The Labute approximate surface area is 186 Å². The van der Waals surface area contributed by atoms with Gasteiger partial charge in [-0.15, -0.1) is 0 Å². The van der Waals surface area contributed by atoms with E-state index in [2.05, 4.69) is 5.32 Å². The van der Waals surface area contributed by atoms with Crippen LogP contribution in [0.2, 0.25) is 0 Å². The largest absolute Gasteiger partial charge is 0.497 e. The average Bonchev–Trinajstić information content (AvgIpc) is 3.05. The number of amides is 1. The lowest BCUT2D eigenvalue weighted by Crippen LogP contribution is -2.13. The molecule has 0 unspecified atom stereocenters. The van der Waals surface area contributed by atoms with Gasteiger partial charge in [-0.25, -0.2) is 4.79 Å². The highest BCUT2D eigenvalue weighted by Crippen LogP contribution is 2.26. The number of hydrogen-bond donors (Lipinski definition) is 2. The highest BCUT2D eigenvalue weighted by molar-refractivity contribution is 6.09. The van der Waals surface area contributed by atoms with Crippen molar-refractivity contribution in [3.05, 3.63) is 82.2 Å². The number of aromatic carboxylic acids is 1. The number of carboxylic acids is 1. The zero-order chi connectivity index (χ0) is 23.4. The van der Waals surface area contributed by atoms with Crippen molar-refractivity contribution in [3.8, 4) is 17.5 Å². The summed E-state index contributed by atoms with van der Waals surface area (Å²) in [6.07, 6.45) is 1.55. The van der Waals surface area contributed by atoms with Gasteiger partial charge in [-0.2, -0.15) is 5.26 Å². The summed E-state index contributed by atoms with van der Waals surface area (Å²) in [5.74, 6) is -0.826. The summed E-state index contributed by atoms with van der Waals surface area (Å²) >= 11 is 0. The molecule has 0 saturated heterocycles. The monoisotopic (exact) mass is 429 g/mol. The molecule has 32 heavy (non-hydrogen) atoms. The maximum atomic E-state index is 12.6. The van der Waals surface area contributed by atoms with Gasteiger partial charge in [0.15, 0.2) is 0 Å². The average molecular weight is 429 g/mol. The van der Waals surface area contributed by atoms with E-state index in [1.54, 1.807) is 55.7 Å². The molecule has 3 rings (SSSR count). The van der Waals surface area contributed by atoms with Gasteiger partial charge in [-0.3, -0.25) is 4.79 Å². The van der Waals surface area contributed by atoms with Crippen LogP contribution in [0.4, 0.5) is 5.69 Å². The van der Waals surface area contributed by atoms with Gasteiger partial charge in [0, 0.05) is 22.8 Å². The van der Waals surface area contributed by atoms with Gasteiger partial charge in [0.1, 0.15) is 17.4 Å². The van der Waals surface area contributed by atoms with Crippen LogP contribution in [-0.2, 0) is 4.79 Å². The molecule has 0 aliphatic heterocycles. The summed E-state index contributed by atoms with van der Waals surface area (Å²) in [6.45, 7) is 5.65. The number of benzene rings is 2. The fraction of sp³-hybridized carbons (Fsp3) is 0.160. The zero-order valence-corrected chi connectivity index (χ0v) is 18.3. The minimum atomic E-state index is -0.981. The van der Waals surface area contributed by atoms with E-state index in [-0.39, 0.29) is 11.1 Å². The van der Waals surface area contributed by atoms with Crippen molar-refractivity contribution in [1.29, 1.82) is 5.26 Å². The van der Waals surface area contributed by atoms with Gasteiger partial charge >= 0.3 is 5.97 Å². The van der Waals surface area contributed by atoms with Crippen LogP contribution in [0.25, 0.3) is 11.8 Å². The first-order valence-corrected chi connectivity index (χ1v) is 9.85. The molecule has 0 atom stereocenters. The van der Waals surface area contributed by atoms with E-state index in [1.807, 2.05) is 37.5 Å². The Kier molecular flexibility index (Phi) is 6.45. The third kappa shape index (κ3) is 4.55. The number of hydrogen-bond acceptors (Lipinski definition) is 4. The lowest BCUT2D eigenvalue weighted by Gasteiger charge is -2.13. The summed E-state index contributed by atoms with van der Waals surface area (Å²) in [5, 5.41) is 21.5. The second-order valence-electron chi connectivity index (χ2n) is 7.32. The zero-order valence-electron chi connectivity index (χ0n) is 18.3. The van der Waals surface area contributed by atoms with E-state index in [0.717, 1.165) is 28.2 Å². The molecule has 0 aliphatic rings. The van der Waals surface area contributed by atoms with Crippen molar-refractivity contribution in [2.45, 2.75) is 20.8 Å². The Morgan fingerprint density at radius 3 is 2.34 bits per heavy atom. The normalized spacial score (nSPS) is 11.0. The molecule has 3 aromatic rings. The van der Waals surface area contributed by atoms with Crippen molar-refractivity contribution in [2.24, 2.45) is 0 Å². The van der Waals surface area contributed by atoms with Crippen LogP contribution >= 0.6 is 0 Å². The number of carbonyl (C=O) groups excluding carboxylic acids is 1. The molecule has 7 heteroatoms. The van der Waals surface area contributed by atoms with Gasteiger partial charge in [0.05, 0.1) is 12.7 Å². The van der Waals surface area contributed by atoms with Crippen molar-refractivity contribution >= 4 is 23.6 Å². The van der Waals surface area contributed by atoms with Crippen LogP contribution in [0.1, 0.15) is 32.9 Å². The van der Waals surface area contributed by atoms with Crippen molar-refractivity contribution in [2.75, 3.05) is 12.4 Å². The molecule has 2 aromatic carbocycles. The topological polar surface area (TPSA) is 104 Å². The number of aryl methyl sites for hydroxylation is 2. The van der Waals surface area contributed by atoms with Crippen LogP contribution in [0.5, 0.6) is 5.75 Å². The van der Waals surface area contributed by atoms with E-state index in [9.17, 15) is 20.0 Å². The van der Waals surface area contributed by atoms with Gasteiger partial charge in [0.2, 0.25) is 0 Å². The summed E-state index contributed by atoms with van der Waals surface area (Å²) in [6, 6.07) is 15.6. The highest BCUT2D eigenvalue weighted by atomic mass is 16.5. The molecule has 1 aromatic heterocycles. The van der Waals surface area contributed by atoms with E-state index < -0.39 is 11.9 Å². The molecular formula is C25H23N3O4. The molecule has 0 aliphatic carbocycles. The Hall–Kier alpha value is -4.31. The van der Waals surface area contributed by atoms with Crippen LogP contribution < -0.4 is 10.1 Å². The minimum Gasteiger partial charge on any atom is -0.497 e. The quantitative estimate of drug-likeness (QED) is 0.438. The lowest BCUT2D eigenvalue weighted by molar-refractivity contribution is -0.112. The minimum absolute atomic E-state index is 0.0287. The predicted molar refractivity (Wildman–Crippen MR) is 122 cm³/mol. The molecule has 0 bridgehead atoms. The first-order valence-electron chi connectivity index (χ1n) is 9.85. The van der Waals surface area contributed by atoms with Crippen molar-refractivity contribution in [3.63, 3.8) is 0 Å². The van der Waals surface area contributed by atoms with Crippen molar-refractivity contribution in [1.82, 2.24) is 4.57 Å². The number of nitriles is 1. The van der Waals surface area contributed by atoms with Gasteiger partial charge in [-0.1, -0.05) is 0 Å². The standard InChI is InChI=1S/C25H23N3O4/c1-15-11-18(25(30)31)5-10-23(15)28-16(2)12-19(17(28)3)13-20(14-26)24(29)27-21-6-8-22(32-4)9-7-21/h5-13H,1-4H3,(H,27,29)(H,30,31)/b20-13+. The Morgan fingerprint density at radius 2 is 1.78 bits per heavy atom. The maximum absolute atomic E-state index is 12.6. The molecule has 0 fully saturated rings. The first-order chi connectivity index (χ1) is 15.2. The van der Waals surface area contributed by atoms with E-state index >= 15 is 0 Å². The van der Waals surface area contributed by atoms with Gasteiger partial charge < -0.3 is 19.7 Å². The van der Waals surface area contributed by atoms with Crippen LogP contribution in [0.3, 0.4) is 0 Å². The molecule has 162 valence electrons. The number of nitrogens with zero attached hydrogens (tertiary/aromatic N) is 2. The van der Waals surface area contributed by atoms with Crippen molar-refractivity contribution < 1.29 is 19.4 Å². The third-order valence-electron chi connectivity index (χ3n) is 5.17. The summed E-state index contributed by atoms with van der Waals surface area (Å²) in [5.41, 5.74) is 4.84. The summed E-state index contributed by atoms with van der Waals surface area (Å²) in [7, 11) is 1.56. The van der Waals surface area contributed by atoms with E-state index in [4.69, 9.17) is 4.74 Å². The summed E-state index contributed by atoms with van der Waals surface area (Å²) in [4.78, 5) is 23.9. The Bertz CT molecular complexity index is 1260. The number of carboxylic acid groups (broad SMARTS) is 1. The van der Waals surface area contributed by atoms with Gasteiger partial charge in [-0.05, 0) is 86.5 Å². The lowest BCUT2D eigenvalue weighted by atomic mass is 10.1. The number of ether oxygens (including phenoxy) is 1. The number of aromatic nitrogens is 1. The number of methoxy groups -OCH3 is 1. The smallest absolute Gasteiger partial charge is 0.335 e. The molecule has 0 spiro atoms.